The van der Waals surface area contributed by atoms with Crippen LogP contribution in [0.15, 0.2) is 0 Å². The lowest BCUT2D eigenvalue weighted by Crippen LogP contribution is -2.55. The van der Waals surface area contributed by atoms with Crippen LogP contribution in [-0.2, 0) is 9.59 Å². The summed E-state index contributed by atoms with van der Waals surface area (Å²) in [4.78, 5) is 24.9. The molecule has 1 unspecified atom stereocenters. The van der Waals surface area contributed by atoms with Gasteiger partial charge in [-0.15, -0.1) is 0 Å². The molecule has 0 aromatic rings. The molecule has 0 aromatic heterocycles. The number of rotatable bonds is 3. The van der Waals surface area contributed by atoms with Crippen molar-refractivity contribution in [2.75, 3.05) is 13.1 Å². The van der Waals surface area contributed by atoms with Gasteiger partial charge < -0.3 is 15.7 Å². The minimum Gasteiger partial charge on any atom is -0.481 e. The van der Waals surface area contributed by atoms with Crippen LogP contribution in [0.4, 0.5) is 0 Å². The number of hydrogen-bond donors (Lipinski definition) is 2. The molecule has 0 spiro atoms. The molecule has 1 aliphatic carbocycles. The molecule has 0 radical (unpaired) electrons. The van der Waals surface area contributed by atoms with E-state index in [1.807, 2.05) is 0 Å². The van der Waals surface area contributed by atoms with E-state index in [9.17, 15) is 9.59 Å². The van der Waals surface area contributed by atoms with Crippen LogP contribution in [0.1, 0.15) is 44.9 Å². The van der Waals surface area contributed by atoms with Gasteiger partial charge in [0.1, 0.15) is 0 Å². The van der Waals surface area contributed by atoms with Crippen molar-refractivity contribution in [1.82, 2.24) is 4.90 Å². The molecule has 1 heterocycles. The molecule has 0 aromatic carbocycles. The molecular weight excluding hydrogens is 232 g/mol. The van der Waals surface area contributed by atoms with Crippen molar-refractivity contribution >= 4 is 11.9 Å². The summed E-state index contributed by atoms with van der Waals surface area (Å²) >= 11 is 0. The first-order valence-corrected chi connectivity index (χ1v) is 6.81. The van der Waals surface area contributed by atoms with Gasteiger partial charge in [0.2, 0.25) is 5.91 Å². The Morgan fingerprint density at radius 3 is 2.56 bits per heavy atom. The number of carbonyl (C=O) groups is 2. The van der Waals surface area contributed by atoms with E-state index in [-0.39, 0.29) is 18.2 Å². The highest BCUT2D eigenvalue weighted by atomic mass is 16.4. The molecule has 5 nitrogen and oxygen atoms in total. The SMILES string of the molecule is NC1(C(=O)N2CCC(CC(=O)O)C2)CCCCC1. The first-order chi connectivity index (χ1) is 8.51. The van der Waals surface area contributed by atoms with Gasteiger partial charge in [-0.3, -0.25) is 9.59 Å². The fourth-order valence-electron chi connectivity index (χ4n) is 3.14. The maximum atomic E-state index is 12.4. The molecule has 1 atom stereocenters. The molecule has 1 amide bonds. The molecule has 0 bridgehead atoms. The summed E-state index contributed by atoms with van der Waals surface area (Å²) in [5.41, 5.74) is 5.54. The van der Waals surface area contributed by atoms with Crippen molar-refractivity contribution in [1.29, 1.82) is 0 Å². The Hall–Kier alpha value is -1.10. The Balaban J connectivity index is 1.92. The van der Waals surface area contributed by atoms with Crippen LogP contribution in [-0.4, -0.2) is 40.5 Å². The molecule has 3 N–H and O–H groups in total. The van der Waals surface area contributed by atoms with E-state index in [0.717, 1.165) is 38.5 Å². The average molecular weight is 254 g/mol. The summed E-state index contributed by atoms with van der Waals surface area (Å²) in [6.07, 6.45) is 5.68. The molecule has 1 saturated heterocycles. The highest BCUT2D eigenvalue weighted by Crippen LogP contribution is 2.30. The maximum absolute atomic E-state index is 12.4. The molecule has 2 aliphatic rings. The Bertz CT molecular complexity index is 337. The molecule has 18 heavy (non-hydrogen) atoms. The minimum atomic E-state index is -0.783. The van der Waals surface area contributed by atoms with Crippen LogP contribution < -0.4 is 5.73 Å². The Morgan fingerprint density at radius 2 is 1.94 bits per heavy atom. The van der Waals surface area contributed by atoms with E-state index < -0.39 is 11.5 Å². The van der Waals surface area contributed by atoms with Crippen LogP contribution in [0, 0.1) is 5.92 Å². The van der Waals surface area contributed by atoms with E-state index in [0.29, 0.717) is 13.1 Å². The lowest BCUT2D eigenvalue weighted by atomic mass is 9.81. The van der Waals surface area contributed by atoms with Crippen LogP contribution >= 0.6 is 0 Å². The summed E-state index contributed by atoms with van der Waals surface area (Å²) in [5.74, 6) is -0.650. The lowest BCUT2D eigenvalue weighted by molar-refractivity contribution is -0.140. The zero-order valence-corrected chi connectivity index (χ0v) is 10.7. The van der Waals surface area contributed by atoms with Crippen molar-refractivity contribution in [3.63, 3.8) is 0 Å². The van der Waals surface area contributed by atoms with Gasteiger partial charge in [0, 0.05) is 19.5 Å². The van der Waals surface area contributed by atoms with Crippen molar-refractivity contribution < 1.29 is 14.7 Å². The normalized spacial score (nSPS) is 27.2. The quantitative estimate of drug-likeness (QED) is 0.786. The smallest absolute Gasteiger partial charge is 0.303 e. The molecule has 5 heteroatoms. The second-order valence-corrected chi connectivity index (χ2v) is 5.72. The Morgan fingerprint density at radius 1 is 1.28 bits per heavy atom. The number of carboxylic acids is 1. The van der Waals surface area contributed by atoms with Crippen LogP contribution in [0.25, 0.3) is 0 Å². The van der Waals surface area contributed by atoms with Gasteiger partial charge in [-0.1, -0.05) is 19.3 Å². The van der Waals surface area contributed by atoms with Crippen LogP contribution in [0.3, 0.4) is 0 Å². The highest BCUT2D eigenvalue weighted by molar-refractivity contribution is 5.86. The van der Waals surface area contributed by atoms with Crippen LogP contribution in [0.5, 0.6) is 0 Å². The third-order valence-electron chi connectivity index (χ3n) is 4.21. The fourth-order valence-corrected chi connectivity index (χ4v) is 3.14. The van der Waals surface area contributed by atoms with Gasteiger partial charge in [-0.2, -0.15) is 0 Å². The topological polar surface area (TPSA) is 83.6 Å². The number of carboxylic acid groups (broad SMARTS) is 1. The number of likely N-dealkylation sites (tertiary alicyclic amines) is 1. The number of nitrogens with two attached hydrogens (primary N) is 1. The second kappa shape index (κ2) is 5.26. The highest BCUT2D eigenvalue weighted by Gasteiger charge is 2.40. The standard InChI is InChI=1S/C13H22N2O3/c14-13(5-2-1-3-6-13)12(18)15-7-4-10(9-15)8-11(16)17/h10H,1-9,14H2,(H,16,17). The largest absolute Gasteiger partial charge is 0.481 e. The van der Waals surface area contributed by atoms with E-state index in [1.54, 1.807) is 4.90 Å². The molecule has 102 valence electrons. The first-order valence-electron chi connectivity index (χ1n) is 6.81. The number of hydrogen-bond acceptors (Lipinski definition) is 3. The van der Waals surface area contributed by atoms with E-state index in [4.69, 9.17) is 10.8 Å². The van der Waals surface area contributed by atoms with Crippen LogP contribution in [0.2, 0.25) is 0 Å². The monoisotopic (exact) mass is 254 g/mol. The number of aliphatic carboxylic acids is 1. The third-order valence-corrected chi connectivity index (χ3v) is 4.21. The number of nitrogens with zero attached hydrogens (tertiary/aromatic N) is 1. The van der Waals surface area contributed by atoms with E-state index in [2.05, 4.69) is 0 Å². The van der Waals surface area contributed by atoms with Gasteiger partial charge in [-0.05, 0) is 25.2 Å². The fraction of sp³-hybridized carbons (Fsp3) is 0.846. The zero-order chi connectivity index (χ0) is 13.2. The Kier molecular flexibility index (Phi) is 3.90. The van der Waals surface area contributed by atoms with Gasteiger partial charge in [0.05, 0.1) is 5.54 Å². The summed E-state index contributed by atoms with van der Waals surface area (Å²) < 4.78 is 0. The van der Waals surface area contributed by atoms with Gasteiger partial charge in [-0.25, -0.2) is 0 Å². The Labute approximate surface area is 107 Å². The van der Waals surface area contributed by atoms with E-state index in [1.165, 1.54) is 0 Å². The van der Waals surface area contributed by atoms with Gasteiger partial charge >= 0.3 is 5.97 Å². The van der Waals surface area contributed by atoms with E-state index >= 15 is 0 Å². The predicted octanol–water partition coefficient (Wildman–Crippen LogP) is 0.971. The zero-order valence-electron chi connectivity index (χ0n) is 10.7. The van der Waals surface area contributed by atoms with Crippen molar-refractivity contribution in [2.24, 2.45) is 11.7 Å². The first kappa shape index (κ1) is 13.3. The minimum absolute atomic E-state index is 0.0371. The molecule has 1 aliphatic heterocycles. The molecule has 2 fully saturated rings. The average Bonchev–Trinajstić information content (AvgIpc) is 2.76. The summed E-state index contributed by atoms with van der Waals surface area (Å²) in [5, 5.41) is 8.77. The van der Waals surface area contributed by atoms with Gasteiger partial charge in [0.25, 0.3) is 0 Å². The van der Waals surface area contributed by atoms with Crippen molar-refractivity contribution in [2.45, 2.75) is 50.5 Å². The molecule has 2 rings (SSSR count). The number of amides is 1. The van der Waals surface area contributed by atoms with Crippen molar-refractivity contribution in [3.05, 3.63) is 0 Å². The lowest BCUT2D eigenvalue weighted by Gasteiger charge is -2.35. The van der Waals surface area contributed by atoms with Crippen molar-refractivity contribution in [3.8, 4) is 0 Å². The molecular formula is C13H22N2O3. The number of carbonyl (C=O) groups excluding carboxylic acids is 1. The molecule has 1 saturated carbocycles. The predicted molar refractivity (Wildman–Crippen MR) is 66.9 cm³/mol. The van der Waals surface area contributed by atoms with Gasteiger partial charge in [0.15, 0.2) is 0 Å². The summed E-state index contributed by atoms with van der Waals surface area (Å²) in [6, 6.07) is 0. The third kappa shape index (κ3) is 2.83. The summed E-state index contributed by atoms with van der Waals surface area (Å²) in [6.45, 7) is 1.22. The summed E-state index contributed by atoms with van der Waals surface area (Å²) in [7, 11) is 0. The maximum Gasteiger partial charge on any atom is 0.303 e. The second-order valence-electron chi connectivity index (χ2n) is 5.72.